The van der Waals surface area contributed by atoms with Crippen molar-refractivity contribution in [3.8, 4) is 0 Å². The van der Waals surface area contributed by atoms with Crippen molar-refractivity contribution >= 4 is 27.5 Å². The number of benzene rings is 4. The predicted octanol–water partition coefficient (Wildman–Crippen LogP) is 6.05. The van der Waals surface area contributed by atoms with E-state index in [9.17, 15) is 18.0 Å². The van der Waals surface area contributed by atoms with Crippen LogP contribution in [0.2, 0.25) is 0 Å². The van der Waals surface area contributed by atoms with Crippen molar-refractivity contribution in [2.75, 3.05) is 10.8 Å². The lowest BCUT2D eigenvalue weighted by Crippen LogP contribution is -2.56. The highest BCUT2D eigenvalue weighted by Gasteiger charge is 2.35. The highest BCUT2D eigenvalue weighted by atomic mass is 32.2. The molecule has 0 saturated heterocycles. The minimum Gasteiger partial charge on any atom is -0.350 e. The van der Waals surface area contributed by atoms with Gasteiger partial charge in [0.15, 0.2) is 0 Å². The van der Waals surface area contributed by atoms with E-state index < -0.39 is 34.1 Å². The van der Waals surface area contributed by atoms with Gasteiger partial charge in [-0.25, -0.2) is 8.42 Å². The lowest BCUT2D eigenvalue weighted by atomic mass is 10.0. The van der Waals surface area contributed by atoms with E-state index in [0.29, 0.717) is 5.69 Å². The summed E-state index contributed by atoms with van der Waals surface area (Å²) < 4.78 is 29.3. The first-order chi connectivity index (χ1) is 20.8. The third kappa shape index (κ3) is 8.57. The van der Waals surface area contributed by atoms with Gasteiger partial charge in [0.25, 0.3) is 10.0 Å². The van der Waals surface area contributed by atoms with Crippen molar-refractivity contribution < 1.29 is 18.0 Å². The molecule has 4 aromatic rings. The summed E-state index contributed by atoms with van der Waals surface area (Å²) in [6.45, 7) is 9.17. The second-order valence-corrected chi connectivity index (χ2v) is 14.0. The molecule has 0 aromatic heterocycles. The molecule has 0 aliphatic rings. The molecule has 4 aromatic carbocycles. The Labute approximate surface area is 261 Å². The zero-order valence-electron chi connectivity index (χ0n) is 26.0. The molecule has 0 saturated carbocycles. The number of aryl methyl sites for hydroxylation is 2. The maximum atomic E-state index is 14.5. The van der Waals surface area contributed by atoms with Crippen molar-refractivity contribution in [3.05, 3.63) is 131 Å². The molecule has 8 heteroatoms. The third-order valence-electron chi connectivity index (χ3n) is 7.14. The first-order valence-electron chi connectivity index (χ1n) is 14.7. The van der Waals surface area contributed by atoms with E-state index in [1.54, 1.807) is 54.6 Å². The summed E-state index contributed by atoms with van der Waals surface area (Å²) >= 11 is 0. The smallest absolute Gasteiger partial charge is 0.264 e. The number of carbonyl (C=O) groups excluding carboxylic acids is 2. The summed E-state index contributed by atoms with van der Waals surface area (Å²) in [5.74, 6) is -0.800. The Morgan fingerprint density at radius 3 is 1.93 bits per heavy atom. The highest BCUT2D eigenvalue weighted by molar-refractivity contribution is 7.92. The lowest BCUT2D eigenvalue weighted by Gasteiger charge is -2.35. The van der Waals surface area contributed by atoms with Crippen LogP contribution >= 0.6 is 0 Å². The van der Waals surface area contributed by atoms with Crippen molar-refractivity contribution in [3.63, 3.8) is 0 Å². The summed E-state index contributed by atoms with van der Waals surface area (Å²) in [5.41, 5.74) is 3.47. The normalized spacial score (nSPS) is 12.3. The van der Waals surface area contributed by atoms with Gasteiger partial charge in [0.2, 0.25) is 11.8 Å². The van der Waals surface area contributed by atoms with E-state index in [-0.39, 0.29) is 23.8 Å². The molecular formula is C36H41N3O4S. The molecule has 0 fully saturated rings. The molecule has 0 heterocycles. The number of hydrogen-bond donors (Lipinski definition) is 1. The van der Waals surface area contributed by atoms with Crippen molar-refractivity contribution in [1.29, 1.82) is 0 Å². The molecule has 2 amide bonds. The summed E-state index contributed by atoms with van der Waals surface area (Å²) in [4.78, 5) is 30.0. The molecule has 1 atom stereocenters. The fourth-order valence-corrected chi connectivity index (χ4v) is 6.39. The zero-order chi connectivity index (χ0) is 31.9. The fourth-order valence-electron chi connectivity index (χ4n) is 4.97. The molecule has 0 bridgehead atoms. The summed E-state index contributed by atoms with van der Waals surface area (Å²) in [6.07, 6.45) is 0.260. The number of hydrogen-bond acceptors (Lipinski definition) is 4. The van der Waals surface area contributed by atoms with Crippen LogP contribution in [0.3, 0.4) is 0 Å². The van der Waals surface area contributed by atoms with Crippen LogP contribution in [0.5, 0.6) is 0 Å². The molecule has 1 N–H and O–H groups in total. The van der Waals surface area contributed by atoms with Gasteiger partial charge in [0.1, 0.15) is 12.6 Å². The zero-order valence-corrected chi connectivity index (χ0v) is 26.8. The van der Waals surface area contributed by atoms with Crippen LogP contribution in [-0.2, 0) is 32.6 Å². The average molecular weight is 612 g/mol. The van der Waals surface area contributed by atoms with Crippen LogP contribution in [-0.4, -0.2) is 43.3 Å². The average Bonchev–Trinajstić information content (AvgIpc) is 2.98. The topological polar surface area (TPSA) is 86.8 Å². The quantitative estimate of drug-likeness (QED) is 0.224. The Hall–Kier alpha value is -4.43. The Balaban J connectivity index is 1.80. The van der Waals surface area contributed by atoms with Crippen LogP contribution in [0.25, 0.3) is 0 Å². The minimum atomic E-state index is -4.13. The Morgan fingerprint density at radius 1 is 0.750 bits per heavy atom. The second-order valence-electron chi connectivity index (χ2n) is 12.1. The monoisotopic (exact) mass is 611 g/mol. The number of nitrogens with one attached hydrogen (secondary N) is 1. The summed E-state index contributed by atoms with van der Waals surface area (Å²) in [6, 6.07) is 31.5. The molecule has 7 nitrogen and oxygen atoms in total. The first-order valence-corrected chi connectivity index (χ1v) is 16.1. The van der Waals surface area contributed by atoms with Crippen molar-refractivity contribution in [2.45, 2.75) is 64.1 Å². The maximum Gasteiger partial charge on any atom is 0.264 e. The number of nitrogens with zero attached hydrogens (tertiary/aromatic N) is 2. The second kappa shape index (κ2) is 13.9. The van der Waals surface area contributed by atoms with Gasteiger partial charge in [-0.15, -0.1) is 0 Å². The minimum absolute atomic E-state index is 0.0799. The maximum absolute atomic E-state index is 14.5. The molecule has 0 radical (unpaired) electrons. The van der Waals surface area contributed by atoms with Gasteiger partial charge < -0.3 is 10.2 Å². The summed E-state index contributed by atoms with van der Waals surface area (Å²) in [5, 5.41) is 3.05. The van der Waals surface area contributed by atoms with E-state index in [0.717, 1.165) is 26.6 Å². The van der Waals surface area contributed by atoms with Gasteiger partial charge in [-0.05, 0) is 70.0 Å². The number of amides is 2. The van der Waals surface area contributed by atoms with Gasteiger partial charge in [0.05, 0.1) is 10.6 Å². The van der Waals surface area contributed by atoms with E-state index >= 15 is 0 Å². The van der Waals surface area contributed by atoms with Crippen LogP contribution in [0, 0.1) is 13.8 Å². The van der Waals surface area contributed by atoms with E-state index in [1.807, 2.05) is 89.2 Å². The Morgan fingerprint density at radius 2 is 1.34 bits per heavy atom. The number of sulfonamides is 1. The van der Waals surface area contributed by atoms with Gasteiger partial charge in [-0.3, -0.25) is 13.9 Å². The predicted molar refractivity (Wildman–Crippen MR) is 176 cm³/mol. The van der Waals surface area contributed by atoms with E-state index in [2.05, 4.69) is 5.32 Å². The third-order valence-corrected chi connectivity index (χ3v) is 8.92. The molecular weight excluding hydrogens is 570 g/mol. The fraction of sp³-hybridized carbons (Fsp3) is 0.278. The standard InChI is InChI=1S/C36H41N3O4S/c1-27-19-21-32(22-20-27)44(42,43)39(31-17-10-7-11-18-31)26-34(40)38(25-30-16-12-13-28(2)23-30)33(35(41)37-36(3,4)5)24-29-14-8-6-9-15-29/h6-23,33H,24-26H2,1-5H3,(H,37,41)/t33-/m1/s1. The molecule has 230 valence electrons. The molecule has 0 spiro atoms. The Kier molecular flexibility index (Phi) is 10.3. The SMILES string of the molecule is Cc1ccc(S(=O)(=O)N(CC(=O)N(Cc2cccc(C)c2)[C@H](Cc2ccccc2)C(=O)NC(C)(C)C)c2ccccc2)cc1. The number of rotatable bonds is 11. The van der Waals surface area contributed by atoms with Crippen molar-refractivity contribution in [1.82, 2.24) is 10.2 Å². The molecule has 4 rings (SSSR count). The van der Waals surface area contributed by atoms with Crippen LogP contribution < -0.4 is 9.62 Å². The van der Waals surface area contributed by atoms with Gasteiger partial charge >= 0.3 is 0 Å². The summed E-state index contributed by atoms with van der Waals surface area (Å²) in [7, 11) is -4.13. The first kappa shape index (κ1) is 32.5. The molecule has 0 aliphatic carbocycles. The van der Waals surface area contributed by atoms with Crippen LogP contribution in [0.4, 0.5) is 5.69 Å². The van der Waals surface area contributed by atoms with E-state index in [4.69, 9.17) is 0 Å². The van der Waals surface area contributed by atoms with Gasteiger partial charge in [0, 0.05) is 18.5 Å². The van der Waals surface area contributed by atoms with E-state index in [1.165, 1.54) is 4.90 Å². The lowest BCUT2D eigenvalue weighted by molar-refractivity contribution is -0.140. The number of carbonyl (C=O) groups is 2. The molecule has 44 heavy (non-hydrogen) atoms. The van der Waals surface area contributed by atoms with Crippen molar-refractivity contribution in [2.24, 2.45) is 0 Å². The molecule has 0 unspecified atom stereocenters. The Bertz CT molecular complexity index is 1670. The number of anilines is 1. The van der Waals surface area contributed by atoms with Crippen LogP contribution in [0.1, 0.15) is 43.0 Å². The van der Waals surface area contributed by atoms with Gasteiger partial charge in [-0.1, -0.05) is 96.1 Å². The van der Waals surface area contributed by atoms with Gasteiger partial charge in [-0.2, -0.15) is 0 Å². The largest absolute Gasteiger partial charge is 0.350 e. The molecule has 0 aliphatic heterocycles. The van der Waals surface area contributed by atoms with Crippen LogP contribution in [0.15, 0.2) is 114 Å². The highest BCUT2D eigenvalue weighted by Crippen LogP contribution is 2.25. The number of para-hydroxylation sites is 1.